The van der Waals surface area contributed by atoms with Gasteiger partial charge in [0.25, 0.3) is 0 Å². The lowest BCUT2D eigenvalue weighted by Gasteiger charge is -2.14. The van der Waals surface area contributed by atoms with Crippen LogP contribution in [0.5, 0.6) is 0 Å². The van der Waals surface area contributed by atoms with Crippen molar-refractivity contribution in [1.29, 1.82) is 5.26 Å². The van der Waals surface area contributed by atoms with Crippen LogP contribution >= 0.6 is 0 Å². The molecule has 0 aliphatic carbocycles. The number of fused-ring (bicyclic) bond motifs is 10. The van der Waals surface area contributed by atoms with Gasteiger partial charge in [0, 0.05) is 54.7 Å². The summed E-state index contributed by atoms with van der Waals surface area (Å²) in [5.41, 5.74) is 13.4. The van der Waals surface area contributed by atoms with Gasteiger partial charge in [-0.05, 0) is 59.2 Å². The molecule has 9 aromatic carbocycles. The van der Waals surface area contributed by atoms with E-state index < -0.39 is 0 Å². The van der Waals surface area contributed by atoms with Gasteiger partial charge in [-0.15, -0.1) is 0 Å². The predicted molar refractivity (Wildman–Crippen MR) is 262 cm³/mol. The molecule has 13 aromatic rings. The standard InChI is InChI=1S/C58H34N6O/c59-35-36-23-25-37(26-24-36)38-27-29-41(30-28-38)57-60-56(40-15-5-2-6-16-40)61-58(62-57)64-51-21-11-8-18-44(51)47-32-31-46-43-17-7-10-20-50(43)63(53(46)54(47)64)42-33-48(39-13-3-1-4-14-39)55-49(34-42)45-19-9-12-22-52(45)65-55/h1-34H. The van der Waals surface area contributed by atoms with Crippen molar-refractivity contribution in [1.82, 2.24) is 24.1 Å². The second-order valence-electron chi connectivity index (χ2n) is 16.3. The van der Waals surface area contributed by atoms with E-state index in [0.29, 0.717) is 23.2 Å². The van der Waals surface area contributed by atoms with Gasteiger partial charge in [0.05, 0.1) is 33.7 Å². The topological polar surface area (TPSA) is 85.5 Å². The molecule has 0 saturated carbocycles. The van der Waals surface area contributed by atoms with Crippen LogP contribution in [0.15, 0.2) is 211 Å². The molecule has 0 N–H and O–H groups in total. The minimum Gasteiger partial charge on any atom is -0.455 e. The van der Waals surface area contributed by atoms with Crippen molar-refractivity contribution in [2.24, 2.45) is 0 Å². The first-order chi connectivity index (χ1) is 32.2. The Bertz CT molecular complexity index is 4050. The molecule has 0 bridgehead atoms. The average molecular weight is 831 g/mol. The van der Waals surface area contributed by atoms with E-state index in [1.54, 1.807) is 0 Å². The van der Waals surface area contributed by atoms with Crippen LogP contribution in [0.1, 0.15) is 5.56 Å². The van der Waals surface area contributed by atoms with Gasteiger partial charge in [-0.3, -0.25) is 4.57 Å². The highest BCUT2D eigenvalue weighted by molar-refractivity contribution is 6.24. The summed E-state index contributed by atoms with van der Waals surface area (Å²) in [6.45, 7) is 0. The predicted octanol–water partition coefficient (Wildman–Crippen LogP) is 14.5. The van der Waals surface area contributed by atoms with E-state index in [1.165, 1.54) is 0 Å². The molecule has 0 unspecified atom stereocenters. The molecule has 0 atom stereocenters. The van der Waals surface area contributed by atoms with Crippen molar-refractivity contribution in [2.75, 3.05) is 0 Å². The summed E-state index contributed by atoms with van der Waals surface area (Å²) in [5, 5.41) is 15.9. The van der Waals surface area contributed by atoms with Gasteiger partial charge in [-0.1, -0.05) is 164 Å². The Labute approximate surface area is 372 Å². The molecule has 0 spiro atoms. The minimum absolute atomic E-state index is 0.516. The fourth-order valence-corrected chi connectivity index (χ4v) is 9.61. The van der Waals surface area contributed by atoms with Crippen LogP contribution in [-0.2, 0) is 0 Å². The summed E-state index contributed by atoms with van der Waals surface area (Å²) in [5.74, 6) is 1.65. The first kappa shape index (κ1) is 36.5. The van der Waals surface area contributed by atoms with Crippen LogP contribution < -0.4 is 0 Å². The molecular formula is C58H34N6O. The SMILES string of the molecule is N#Cc1ccc(-c2ccc(-c3nc(-c4ccccc4)nc(-n4c5ccccc5c5ccc6c7ccccc7n(-c7cc(-c8ccccc8)c8oc9ccccc9c8c7)c6c54)n3)cc2)cc1. The van der Waals surface area contributed by atoms with Gasteiger partial charge < -0.3 is 8.98 Å². The third-order valence-corrected chi connectivity index (χ3v) is 12.6. The van der Waals surface area contributed by atoms with E-state index in [9.17, 15) is 5.26 Å². The third-order valence-electron chi connectivity index (χ3n) is 12.6. The van der Waals surface area contributed by atoms with Gasteiger partial charge in [-0.2, -0.15) is 15.2 Å². The Balaban J connectivity index is 1.12. The van der Waals surface area contributed by atoms with Crippen molar-refractivity contribution in [2.45, 2.75) is 0 Å². The molecule has 0 aliphatic heterocycles. The zero-order valence-electron chi connectivity index (χ0n) is 34.7. The summed E-state index contributed by atoms with van der Waals surface area (Å²) in [6.07, 6.45) is 0. The Hall–Kier alpha value is -9.12. The van der Waals surface area contributed by atoms with E-state index >= 15 is 0 Å². The molecule has 0 amide bonds. The second-order valence-corrected chi connectivity index (χ2v) is 16.3. The summed E-state index contributed by atoms with van der Waals surface area (Å²) in [6, 6.07) is 73.3. The number of hydrogen-bond donors (Lipinski definition) is 0. The quantitative estimate of drug-likeness (QED) is 0.167. The third kappa shape index (κ3) is 5.78. The number of rotatable bonds is 6. The first-order valence-corrected chi connectivity index (χ1v) is 21.6. The highest BCUT2D eigenvalue weighted by Crippen LogP contribution is 2.44. The highest BCUT2D eigenvalue weighted by atomic mass is 16.3. The van der Waals surface area contributed by atoms with E-state index in [-0.39, 0.29) is 0 Å². The maximum atomic E-state index is 9.36. The summed E-state index contributed by atoms with van der Waals surface area (Å²) >= 11 is 0. The largest absolute Gasteiger partial charge is 0.455 e. The lowest BCUT2D eigenvalue weighted by molar-refractivity contribution is 0.670. The van der Waals surface area contributed by atoms with Crippen LogP contribution in [0.3, 0.4) is 0 Å². The summed E-state index contributed by atoms with van der Waals surface area (Å²) in [4.78, 5) is 15.8. The molecule has 4 aromatic heterocycles. The van der Waals surface area contributed by atoms with Crippen LogP contribution in [-0.4, -0.2) is 24.1 Å². The number of furan rings is 1. The monoisotopic (exact) mass is 830 g/mol. The molecule has 0 aliphatic rings. The molecule has 7 heteroatoms. The number of aromatic nitrogens is 5. The van der Waals surface area contributed by atoms with Crippen LogP contribution in [0, 0.1) is 11.3 Å². The van der Waals surface area contributed by atoms with Crippen molar-refractivity contribution in [3.63, 3.8) is 0 Å². The maximum Gasteiger partial charge on any atom is 0.238 e. The Morgan fingerprint density at radius 3 is 1.55 bits per heavy atom. The lowest BCUT2D eigenvalue weighted by Crippen LogP contribution is -2.07. The molecule has 4 heterocycles. The normalized spacial score (nSPS) is 11.7. The first-order valence-electron chi connectivity index (χ1n) is 21.6. The summed E-state index contributed by atoms with van der Waals surface area (Å²) < 4.78 is 11.3. The van der Waals surface area contributed by atoms with Crippen LogP contribution in [0.4, 0.5) is 0 Å². The number of hydrogen-bond acceptors (Lipinski definition) is 5. The van der Waals surface area contributed by atoms with E-state index in [0.717, 1.165) is 105 Å². The van der Waals surface area contributed by atoms with E-state index in [2.05, 4.69) is 149 Å². The molecule has 0 radical (unpaired) electrons. The van der Waals surface area contributed by atoms with Gasteiger partial charge in [-0.25, -0.2) is 4.98 Å². The zero-order valence-corrected chi connectivity index (χ0v) is 34.7. The van der Waals surface area contributed by atoms with Crippen molar-refractivity contribution < 1.29 is 4.42 Å². The number of nitrogens with zero attached hydrogens (tertiary/aromatic N) is 6. The molecule has 302 valence electrons. The van der Waals surface area contributed by atoms with E-state index in [4.69, 9.17) is 19.4 Å². The molecular weight excluding hydrogens is 797 g/mol. The number of benzene rings is 9. The fourth-order valence-electron chi connectivity index (χ4n) is 9.61. The van der Waals surface area contributed by atoms with E-state index in [1.807, 2.05) is 72.8 Å². The van der Waals surface area contributed by atoms with Gasteiger partial charge in [0.1, 0.15) is 11.2 Å². The van der Waals surface area contributed by atoms with Crippen molar-refractivity contribution in [3.05, 3.63) is 212 Å². The smallest absolute Gasteiger partial charge is 0.238 e. The Kier molecular flexibility index (Phi) is 8.14. The molecule has 65 heavy (non-hydrogen) atoms. The van der Waals surface area contributed by atoms with Crippen molar-refractivity contribution in [3.8, 4) is 62.7 Å². The molecule has 7 nitrogen and oxygen atoms in total. The minimum atomic E-state index is 0.516. The van der Waals surface area contributed by atoms with Gasteiger partial charge in [0.15, 0.2) is 11.6 Å². The molecule has 13 rings (SSSR count). The molecule has 0 fully saturated rings. The van der Waals surface area contributed by atoms with Crippen molar-refractivity contribution >= 4 is 65.6 Å². The number of para-hydroxylation sites is 3. The summed E-state index contributed by atoms with van der Waals surface area (Å²) in [7, 11) is 0. The zero-order chi connectivity index (χ0) is 43.0. The lowest BCUT2D eigenvalue weighted by atomic mass is 10.0. The fraction of sp³-hybridized carbons (Fsp3) is 0. The Morgan fingerprint density at radius 1 is 0.400 bits per heavy atom. The number of nitriles is 1. The van der Waals surface area contributed by atoms with Crippen LogP contribution in [0.25, 0.3) is 122 Å². The second kappa shape index (κ2) is 14.5. The van der Waals surface area contributed by atoms with Crippen LogP contribution in [0.2, 0.25) is 0 Å². The maximum absolute atomic E-state index is 9.36. The van der Waals surface area contributed by atoms with Gasteiger partial charge >= 0.3 is 0 Å². The Morgan fingerprint density at radius 2 is 0.908 bits per heavy atom. The average Bonchev–Trinajstić information content (AvgIpc) is 4.04. The molecule has 0 saturated heterocycles. The van der Waals surface area contributed by atoms with Gasteiger partial charge in [0.2, 0.25) is 5.95 Å². The highest BCUT2D eigenvalue weighted by Gasteiger charge is 2.25.